The Labute approximate surface area is 176 Å². The molecule has 0 saturated heterocycles. The number of benzene rings is 2. The summed E-state index contributed by atoms with van der Waals surface area (Å²) in [7, 11) is 1.44. The number of ether oxygens (including phenoxy) is 1. The molecule has 0 aromatic heterocycles. The third-order valence-corrected chi connectivity index (χ3v) is 4.73. The molecule has 7 heteroatoms. The lowest BCUT2D eigenvalue weighted by Crippen LogP contribution is -2.54. The van der Waals surface area contributed by atoms with Gasteiger partial charge in [-0.15, -0.1) is 0 Å². The Morgan fingerprint density at radius 3 is 2.00 bits per heavy atom. The first-order chi connectivity index (χ1) is 14.3. The molecule has 0 radical (unpaired) electrons. The summed E-state index contributed by atoms with van der Waals surface area (Å²) >= 11 is 0. The van der Waals surface area contributed by atoms with Gasteiger partial charge in [0.2, 0.25) is 5.91 Å². The monoisotopic (exact) mass is 412 g/mol. The molecule has 0 aliphatic heterocycles. The van der Waals surface area contributed by atoms with E-state index in [-0.39, 0.29) is 18.9 Å². The number of carbonyl (C=O) groups excluding carboxylic acids is 2. The SMILES string of the molecule is CC(C)[C@@H](C(=O)O)N(C)C(=O)[C@H](Cc1ccccc1)NC(=O)OCc1ccccc1. The number of hydrogen-bond acceptors (Lipinski definition) is 4. The molecule has 0 bridgehead atoms. The highest BCUT2D eigenvalue weighted by molar-refractivity contribution is 5.89. The number of carbonyl (C=O) groups is 3. The maximum atomic E-state index is 13.1. The van der Waals surface area contributed by atoms with Gasteiger partial charge >= 0.3 is 12.1 Å². The van der Waals surface area contributed by atoms with Crippen LogP contribution in [0.3, 0.4) is 0 Å². The summed E-state index contributed by atoms with van der Waals surface area (Å²) in [4.78, 5) is 38.3. The van der Waals surface area contributed by atoms with Gasteiger partial charge in [-0.05, 0) is 17.0 Å². The first-order valence-electron chi connectivity index (χ1n) is 9.80. The van der Waals surface area contributed by atoms with Crippen molar-refractivity contribution >= 4 is 18.0 Å². The lowest BCUT2D eigenvalue weighted by atomic mass is 10.00. The standard InChI is InChI=1S/C23H28N2O5/c1-16(2)20(22(27)28)25(3)21(26)19(14-17-10-6-4-7-11-17)24-23(29)30-15-18-12-8-5-9-13-18/h4-13,16,19-20H,14-15H2,1-3H3,(H,24,29)(H,27,28)/t19-,20-/m0/s1. The Kier molecular flexibility index (Phi) is 8.41. The predicted molar refractivity (Wildman–Crippen MR) is 113 cm³/mol. The van der Waals surface area contributed by atoms with Crippen LogP contribution in [0.1, 0.15) is 25.0 Å². The molecule has 0 unspecified atom stereocenters. The van der Waals surface area contributed by atoms with E-state index in [9.17, 15) is 19.5 Å². The third kappa shape index (κ3) is 6.62. The van der Waals surface area contributed by atoms with Crippen molar-refractivity contribution in [1.29, 1.82) is 0 Å². The Morgan fingerprint density at radius 1 is 0.967 bits per heavy atom. The molecule has 2 amide bonds. The van der Waals surface area contributed by atoms with Gasteiger partial charge in [-0.3, -0.25) is 4.79 Å². The number of aliphatic carboxylic acids is 1. The van der Waals surface area contributed by atoms with Crippen LogP contribution < -0.4 is 5.32 Å². The highest BCUT2D eigenvalue weighted by atomic mass is 16.5. The highest BCUT2D eigenvalue weighted by Crippen LogP contribution is 2.13. The van der Waals surface area contributed by atoms with Crippen LogP contribution in [-0.4, -0.2) is 47.1 Å². The van der Waals surface area contributed by atoms with E-state index in [1.807, 2.05) is 60.7 Å². The van der Waals surface area contributed by atoms with Crippen LogP contribution in [0.25, 0.3) is 0 Å². The quantitative estimate of drug-likeness (QED) is 0.660. The van der Waals surface area contributed by atoms with E-state index in [0.717, 1.165) is 11.1 Å². The number of amides is 2. The third-order valence-electron chi connectivity index (χ3n) is 4.73. The van der Waals surface area contributed by atoms with E-state index >= 15 is 0 Å². The van der Waals surface area contributed by atoms with Crippen molar-refractivity contribution in [2.24, 2.45) is 5.92 Å². The number of alkyl carbamates (subject to hydrolysis) is 1. The summed E-state index contributed by atoms with van der Waals surface area (Å²) in [5.41, 5.74) is 1.66. The van der Waals surface area contributed by atoms with E-state index < -0.39 is 30.1 Å². The zero-order valence-electron chi connectivity index (χ0n) is 17.4. The van der Waals surface area contributed by atoms with Crippen LogP contribution in [0.2, 0.25) is 0 Å². The van der Waals surface area contributed by atoms with Crippen molar-refractivity contribution < 1.29 is 24.2 Å². The second-order valence-electron chi connectivity index (χ2n) is 7.42. The summed E-state index contributed by atoms with van der Waals surface area (Å²) < 4.78 is 5.24. The van der Waals surface area contributed by atoms with Crippen molar-refractivity contribution in [3.05, 3.63) is 71.8 Å². The molecule has 160 valence electrons. The zero-order chi connectivity index (χ0) is 22.1. The van der Waals surface area contributed by atoms with E-state index in [1.165, 1.54) is 11.9 Å². The molecule has 0 aliphatic carbocycles. The molecule has 0 aliphatic rings. The van der Waals surface area contributed by atoms with Gasteiger partial charge < -0.3 is 20.1 Å². The van der Waals surface area contributed by atoms with Gasteiger partial charge in [0.1, 0.15) is 18.7 Å². The molecular formula is C23H28N2O5. The average Bonchev–Trinajstić information content (AvgIpc) is 2.72. The van der Waals surface area contributed by atoms with Crippen molar-refractivity contribution in [3.63, 3.8) is 0 Å². The number of nitrogens with zero attached hydrogens (tertiary/aromatic N) is 1. The summed E-state index contributed by atoms with van der Waals surface area (Å²) in [6.45, 7) is 3.53. The van der Waals surface area contributed by atoms with E-state index in [4.69, 9.17) is 4.74 Å². The smallest absolute Gasteiger partial charge is 0.408 e. The van der Waals surface area contributed by atoms with Crippen molar-refractivity contribution in [2.45, 2.75) is 39.0 Å². The van der Waals surface area contributed by atoms with Gasteiger partial charge in [-0.2, -0.15) is 0 Å². The van der Waals surface area contributed by atoms with Gasteiger partial charge in [-0.1, -0.05) is 74.5 Å². The second-order valence-corrected chi connectivity index (χ2v) is 7.42. The van der Waals surface area contributed by atoms with Gasteiger partial charge in [0, 0.05) is 13.5 Å². The minimum absolute atomic E-state index is 0.0680. The van der Waals surface area contributed by atoms with Crippen LogP contribution >= 0.6 is 0 Å². The molecule has 0 saturated carbocycles. The Bertz CT molecular complexity index is 839. The lowest BCUT2D eigenvalue weighted by Gasteiger charge is -2.31. The number of carboxylic acid groups (broad SMARTS) is 1. The molecule has 30 heavy (non-hydrogen) atoms. The Balaban J connectivity index is 2.13. The molecule has 2 aromatic carbocycles. The minimum atomic E-state index is -1.09. The van der Waals surface area contributed by atoms with Gasteiger partial charge in [0.25, 0.3) is 0 Å². The number of rotatable bonds is 9. The lowest BCUT2D eigenvalue weighted by molar-refractivity contribution is -0.151. The summed E-state index contributed by atoms with van der Waals surface area (Å²) in [5, 5.41) is 12.1. The van der Waals surface area contributed by atoms with Gasteiger partial charge in [0.05, 0.1) is 0 Å². The molecular weight excluding hydrogens is 384 g/mol. The normalized spacial score (nSPS) is 12.7. The first-order valence-corrected chi connectivity index (χ1v) is 9.80. The molecule has 2 rings (SSSR count). The van der Waals surface area contributed by atoms with E-state index in [2.05, 4.69) is 5.32 Å². The Morgan fingerprint density at radius 2 is 1.50 bits per heavy atom. The van der Waals surface area contributed by atoms with E-state index in [0.29, 0.717) is 0 Å². The van der Waals surface area contributed by atoms with Crippen LogP contribution in [0, 0.1) is 5.92 Å². The van der Waals surface area contributed by atoms with Crippen LogP contribution in [0.4, 0.5) is 4.79 Å². The zero-order valence-corrected chi connectivity index (χ0v) is 17.4. The largest absolute Gasteiger partial charge is 0.480 e. The van der Waals surface area contributed by atoms with Gasteiger partial charge in [-0.25, -0.2) is 9.59 Å². The fourth-order valence-corrected chi connectivity index (χ4v) is 3.24. The number of hydrogen-bond donors (Lipinski definition) is 2. The van der Waals surface area contributed by atoms with Crippen LogP contribution in [0.15, 0.2) is 60.7 Å². The molecule has 2 N–H and O–H groups in total. The molecule has 2 aromatic rings. The maximum Gasteiger partial charge on any atom is 0.408 e. The first kappa shape index (κ1) is 22.9. The number of carboxylic acids is 1. The summed E-state index contributed by atoms with van der Waals surface area (Å²) in [6.07, 6.45) is -0.521. The Hall–Kier alpha value is -3.35. The average molecular weight is 412 g/mol. The van der Waals surface area contributed by atoms with Crippen molar-refractivity contribution in [3.8, 4) is 0 Å². The molecule has 7 nitrogen and oxygen atoms in total. The topological polar surface area (TPSA) is 95.9 Å². The summed E-state index contributed by atoms with van der Waals surface area (Å²) in [6, 6.07) is 16.4. The van der Waals surface area contributed by atoms with Crippen LogP contribution in [0.5, 0.6) is 0 Å². The van der Waals surface area contributed by atoms with Crippen molar-refractivity contribution in [2.75, 3.05) is 7.05 Å². The summed E-state index contributed by atoms with van der Waals surface area (Å²) in [5.74, 6) is -1.87. The predicted octanol–water partition coefficient (Wildman–Crippen LogP) is 3.09. The van der Waals surface area contributed by atoms with Crippen molar-refractivity contribution in [1.82, 2.24) is 10.2 Å². The molecule has 0 fully saturated rings. The van der Waals surface area contributed by atoms with E-state index in [1.54, 1.807) is 13.8 Å². The maximum absolute atomic E-state index is 13.1. The van der Waals surface area contributed by atoms with Crippen LogP contribution in [-0.2, 0) is 27.4 Å². The van der Waals surface area contributed by atoms with Gasteiger partial charge in [0.15, 0.2) is 0 Å². The second kappa shape index (κ2) is 11.0. The highest BCUT2D eigenvalue weighted by Gasteiger charge is 2.34. The fraction of sp³-hybridized carbons (Fsp3) is 0.348. The minimum Gasteiger partial charge on any atom is -0.480 e. The fourth-order valence-electron chi connectivity index (χ4n) is 3.24. The molecule has 2 atom stereocenters. The molecule has 0 heterocycles. The molecule has 0 spiro atoms. The number of likely N-dealkylation sites (N-methyl/N-ethyl adjacent to an activating group) is 1. The number of nitrogens with one attached hydrogen (secondary N) is 1.